The molecule has 1 aliphatic carbocycles. The van der Waals surface area contributed by atoms with Crippen LogP contribution in [0.2, 0.25) is 0 Å². The molecule has 13 nitrogen and oxygen atoms in total. The average molecular weight is 793 g/mol. The second-order valence-corrected chi connectivity index (χ2v) is 16.5. The summed E-state index contributed by atoms with van der Waals surface area (Å²) >= 11 is 0. The summed E-state index contributed by atoms with van der Waals surface area (Å²) in [4.78, 5) is 58.6. The lowest BCUT2D eigenvalue weighted by Crippen LogP contribution is -2.58. The molecule has 3 amide bonds. The molecule has 13 heteroatoms. The number of nitrogens with zero attached hydrogens (tertiary/aromatic N) is 4. The number of aromatic nitrogens is 2. The number of aryl methyl sites for hydroxylation is 1. The fraction of sp³-hybridized carbons (Fsp3) is 0.489. The molecule has 308 valence electrons. The van der Waals surface area contributed by atoms with Gasteiger partial charge in [0.25, 0.3) is 12.4 Å². The molecule has 3 N–H and O–H groups in total. The van der Waals surface area contributed by atoms with E-state index in [9.17, 15) is 24.3 Å². The van der Waals surface area contributed by atoms with Crippen LogP contribution in [0.5, 0.6) is 5.75 Å². The van der Waals surface area contributed by atoms with Gasteiger partial charge < -0.3 is 29.4 Å². The van der Waals surface area contributed by atoms with Crippen LogP contribution >= 0.6 is 0 Å². The molecule has 2 aromatic heterocycles. The molecule has 4 atom stereocenters. The third-order valence-electron chi connectivity index (χ3n) is 12.2. The highest BCUT2D eigenvalue weighted by Gasteiger charge is 2.47. The molecule has 0 spiro atoms. The molecule has 4 heterocycles. The minimum absolute atomic E-state index is 0.0328. The molecule has 7 rings (SSSR count). The SMILES string of the molecule is CCn1c2c(c3cc(-c4cc(O)cc(CC(NC(=O)[C@@H]5CCCCCN5C(C)=O)C(=O)N5CCCCN5)c4)ccc31)C(C(C)(C)COC=O)[C@H](OC)c1ncccc1-2. The summed E-state index contributed by atoms with van der Waals surface area (Å²) < 4.78 is 14.0. The van der Waals surface area contributed by atoms with Gasteiger partial charge in [-0.25, -0.2) is 5.43 Å². The maximum Gasteiger partial charge on any atom is 0.293 e. The van der Waals surface area contributed by atoms with Crippen LogP contribution in [0.15, 0.2) is 54.7 Å². The highest BCUT2D eigenvalue weighted by Crippen LogP contribution is 2.57. The first-order valence-corrected chi connectivity index (χ1v) is 20.6. The summed E-state index contributed by atoms with van der Waals surface area (Å²) in [5.41, 5.74) is 9.88. The fourth-order valence-corrected chi connectivity index (χ4v) is 9.52. The lowest BCUT2D eigenvalue weighted by molar-refractivity contribution is -0.143. The molecule has 2 saturated heterocycles. The number of nitrogens with one attached hydrogen (secondary N) is 2. The van der Waals surface area contributed by atoms with Gasteiger partial charge in [0.05, 0.1) is 18.0 Å². The quantitative estimate of drug-likeness (QED) is 0.146. The number of ether oxygens (including phenoxy) is 2. The first-order valence-electron chi connectivity index (χ1n) is 20.6. The van der Waals surface area contributed by atoms with Crippen molar-refractivity contribution in [2.24, 2.45) is 5.41 Å². The predicted octanol–water partition coefficient (Wildman–Crippen LogP) is 6.03. The van der Waals surface area contributed by atoms with Gasteiger partial charge in [-0.1, -0.05) is 38.8 Å². The van der Waals surface area contributed by atoms with Crippen LogP contribution in [0.4, 0.5) is 0 Å². The van der Waals surface area contributed by atoms with Crippen molar-refractivity contribution in [2.75, 3.05) is 33.4 Å². The first-order chi connectivity index (χ1) is 28.0. The summed E-state index contributed by atoms with van der Waals surface area (Å²) in [5.74, 6) is -0.970. The van der Waals surface area contributed by atoms with Crippen molar-refractivity contribution in [3.8, 4) is 28.1 Å². The Bertz CT molecular complexity index is 2180. The normalized spacial score (nSPS) is 20.1. The number of pyridine rings is 1. The number of carbonyl (C=O) groups excluding carboxylic acids is 4. The van der Waals surface area contributed by atoms with Crippen molar-refractivity contribution in [2.45, 2.75) is 103 Å². The van der Waals surface area contributed by atoms with Crippen molar-refractivity contribution >= 4 is 35.1 Å². The molecule has 0 bridgehead atoms. The number of phenols is 1. The summed E-state index contributed by atoms with van der Waals surface area (Å²) in [5, 5.41) is 16.9. The van der Waals surface area contributed by atoms with Crippen LogP contribution in [0.1, 0.15) is 95.1 Å². The van der Waals surface area contributed by atoms with E-state index in [-0.39, 0.29) is 42.4 Å². The monoisotopic (exact) mass is 792 g/mol. The summed E-state index contributed by atoms with van der Waals surface area (Å²) in [7, 11) is 1.69. The molecule has 2 aromatic carbocycles. The van der Waals surface area contributed by atoms with E-state index in [1.807, 2.05) is 18.2 Å². The molecule has 2 fully saturated rings. The average Bonchev–Trinajstić information content (AvgIpc) is 3.34. The van der Waals surface area contributed by atoms with Gasteiger partial charge in [0, 0.05) is 80.6 Å². The Morgan fingerprint density at radius 1 is 1.05 bits per heavy atom. The Morgan fingerprint density at radius 2 is 1.86 bits per heavy atom. The Labute approximate surface area is 340 Å². The van der Waals surface area contributed by atoms with Crippen LogP contribution in [0.25, 0.3) is 33.3 Å². The Balaban J connectivity index is 1.29. The van der Waals surface area contributed by atoms with Gasteiger partial charge in [-0.2, -0.15) is 0 Å². The third-order valence-corrected chi connectivity index (χ3v) is 12.2. The molecular weight excluding hydrogens is 737 g/mol. The van der Waals surface area contributed by atoms with Crippen LogP contribution in [0, 0.1) is 5.41 Å². The summed E-state index contributed by atoms with van der Waals surface area (Å²) in [6.45, 7) is 10.8. The second kappa shape index (κ2) is 17.3. The number of hydrazine groups is 1. The van der Waals surface area contributed by atoms with E-state index in [0.717, 1.165) is 76.6 Å². The molecule has 2 aliphatic heterocycles. The first kappa shape index (κ1) is 40.9. The van der Waals surface area contributed by atoms with Gasteiger partial charge >= 0.3 is 0 Å². The van der Waals surface area contributed by atoms with E-state index >= 15 is 0 Å². The van der Waals surface area contributed by atoms with Crippen LogP contribution in [-0.2, 0) is 41.6 Å². The highest BCUT2D eigenvalue weighted by molar-refractivity contribution is 5.97. The van der Waals surface area contributed by atoms with E-state index in [4.69, 9.17) is 14.5 Å². The maximum absolute atomic E-state index is 14.1. The van der Waals surface area contributed by atoms with Crippen LogP contribution in [-0.4, -0.2) is 94.2 Å². The third kappa shape index (κ3) is 7.94. The molecule has 58 heavy (non-hydrogen) atoms. The number of hydrogen-bond donors (Lipinski definition) is 3. The number of hydrogen-bond acceptors (Lipinski definition) is 9. The van der Waals surface area contributed by atoms with E-state index < -0.39 is 23.6 Å². The van der Waals surface area contributed by atoms with E-state index in [1.54, 1.807) is 35.3 Å². The number of methoxy groups -OCH3 is 1. The Hall–Kier alpha value is -5.27. The molecule has 4 aromatic rings. The van der Waals surface area contributed by atoms with Gasteiger partial charge in [0.15, 0.2) is 0 Å². The van der Waals surface area contributed by atoms with Crippen molar-refractivity contribution in [1.82, 2.24) is 30.2 Å². The lowest BCUT2D eigenvalue weighted by Gasteiger charge is -2.42. The number of carbonyl (C=O) groups is 4. The number of rotatable bonds is 12. The minimum Gasteiger partial charge on any atom is -0.508 e. The van der Waals surface area contributed by atoms with Crippen LogP contribution in [0.3, 0.4) is 0 Å². The number of amides is 3. The number of likely N-dealkylation sites (tertiary alicyclic amines) is 1. The summed E-state index contributed by atoms with van der Waals surface area (Å²) in [6.07, 6.45) is 6.40. The van der Waals surface area contributed by atoms with Gasteiger partial charge in [0.1, 0.15) is 23.9 Å². The standard InChI is InChI=1S/C45H56N6O7/c1-6-49-36-16-15-30(25-34(36)38-39(45(3,4)26-58-27-52)42(57-5)40-33(41(38)49)13-12-17-46-40)31-21-29(22-32(54)24-31)23-35(44(56)51-20-11-9-18-47-51)48-43(55)37-14-8-7-10-19-50(37)28(2)53/h12-13,15-17,21-22,24-25,27,35,37,39,42,47,54H,6-11,14,18-20,23,26H2,1-5H3,(H,48,55)/t35?,37-,39?,42-/m0/s1. The zero-order valence-corrected chi connectivity index (χ0v) is 34.3. The van der Waals surface area contributed by atoms with E-state index in [0.29, 0.717) is 44.6 Å². The van der Waals surface area contributed by atoms with Crippen molar-refractivity contribution < 1.29 is 33.8 Å². The lowest BCUT2D eigenvalue weighted by atomic mass is 9.67. The highest BCUT2D eigenvalue weighted by atomic mass is 16.5. The van der Waals surface area contributed by atoms with Crippen LogP contribution < -0.4 is 10.7 Å². The molecule has 2 unspecified atom stereocenters. The number of aromatic hydroxyl groups is 1. The molecule has 0 radical (unpaired) electrons. The number of benzene rings is 2. The van der Waals surface area contributed by atoms with Gasteiger partial charge in [-0.05, 0) is 91.3 Å². The zero-order valence-electron chi connectivity index (χ0n) is 34.3. The van der Waals surface area contributed by atoms with E-state index in [2.05, 4.69) is 54.3 Å². The fourth-order valence-electron chi connectivity index (χ4n) is 9.52. The van der Waals surface area contributed by atoms with Crippen molar-refractivity contribution in [1.29, 1.82) is 0 Å². The van der Waals surface area contributed by atoms with Crippen molar-refractivity contribution in [3.63, 3.8) is 0 Å². The van der Waals surface area contributed by atoms with Gasteiger partial charge in [-0.3, -0.25) is 29.2 Å². The largest absolute Gasteiger partial charge is 0.508 e. The maximum atomic E-state index is 14.1. The smallest absolute Gasteiger partial charge is 0.293 e. The zero-order chi connectivity index (χ0) is 41.1. The molecule has 0 saturated carbocycles. The van der Waals surface area contributed by atoms with Gasteiger partial charge in [-0.15, -0.1) is 0 Å². The van der Waals surface area contributed by atoms with E-state index in [1.165, 1.54) is 6.92 Å². The second-order valence-electron chi connectivity index (χ2n) is 16.5. The summed E-state index contributed by atoms with van der Waals surface area (Å²) in [6, 6.07) is 14.0. The number of phenolic OH excluding ortho intramolecular Hbond substituents is 1. The minimum atomic E-state index is -0.936. The molecular formula is C45H56N6O7. The predicted molar refractivity (Wildman–Crippen MR) is 220 cm³/mol. The topological polar surface area (TPSA) is 155 Å². The van der Waals surface area contributed by atoms with Gasteiger partial charge in [0.2, 0.25) is 11.8 Å². The number of fused-ring (bicyclic) bond motifs is 5. The molecule has 3 aliphatic rings. The Morgan fingerprint density at radius 3 is 2.59 bits per heavy atom. The Kier molecular flexibility index (Phi) is 12.2. The van der Waals surface area contributed by atoms with Crippen molar-refractivity contribution in [3.05, 3.63) is 71.5 Å².